The van der Waals surface area contributed by atoms with E-state index in [2.05, 4.69) is 20.8 Å². The summed E-state index contributed by atoms with van der Waals surface area (Å²) in [5.41, 5.74) is 1.02. The Morgan fingerprint density at radius 1 is 1.23 bits per heavy atom. The van der Waals surface area contributed by atoms with E-state index in [0.717, 1.165) is 16.1 Å². The van der Waals surface area contributed by atoms with Crippen LogP contribution in [-0.4, -0.2) is 65.8 Å². The summed E-state index contributed by atoms with van der Waals surface area (Å²) >= 11 is 7.16. The van der Waals surface area contributed by atoms with E-state index in [-0.39, 0.29) is 21.6 Å². The van der Waals surface area contributed by atoms with E-state index in [1.165, 1.54) is 37.0 Å². The third kappa shape index (κ3) is 5.34. The highest BCUT2D eigenvalue weighted by Crippen LogP contribution is 2.27. The maximum atomic E-state index is 12.4. The summed E-state index contributed by atoms with van der Waals surface area (Å²) in [6.45, 7) is 0. The molecule has 0 saturated heterocycles. The van der Waals surface area contributed by atoms with Crippen LogP contribution in [0.5, 0.6) is 5.75 Å². The first-order valence-corrected chi connectivity index (χ1v) is 11.6. The third-order valence-corrected chi connectivity index (χ3v) is 7.28. The van der Waals surface area contributed by atoms with Crippen molar-refractivity contribution in [3.8, 4) is 11.4 Å². The van der Waals surface area contributed by atoms with E-state index in [1.807, 2.05) is 0 Å². The Morgan fingerprint density at radius 3 is 2.58 bits per heavy atom. The second-order valence-electron chi connectivity index (χ2n) is 6.34. The van der Waals surface area contributed by atoms with E-state index in [0.29, 0.717) is 22.3 Å². The summed E-state index contributed by atoms with van der Waals surface area (Å²) in [6, 6.07) is 11.4. The molecule has 1 amide bonds. The van der Waals surface area contributed by atoms with Crippen molar-refractivity contribution in [1.29, 1.82) is 0 Å². The van der Waals surface area contributed by atoms with Crippen molar-refractivity contribution in [3.05, 3.63) is 47.5 Å². The van der Waals surface area contributed by atoms with Gasteiger partial charge < -0.3 is 10.1 Å². The van der Waals surface area contributed by atoms with Gasteiger partial charge in [0.1, 0.15) is 10.6 Å². The minimum Gasteiger partial charge on any atom is -0.497 e. The zero-order valence-electron chi connectivity index (χ0n) is 16.8. The van der Waals surface area contributed by atoms with Crippen molar-refractivity contribution < 1.29 is 17.9 Å². The van der Waals surface area contributed by atoms with Crippen LogP contribution in [0.1, 0.15) is 0 Å². The number of hydrogen-bond acceptors (Lipinski definition) is 8. The van der Waals surface area contributed by atoms with E-state index < -0.39 is 10.0 Å². The monoisotopic (exact) mass is 482 g/mol. The SMILES string of the molecule is COc1ccc(-n2nnnc2SCC(=O)Nc2ccc(Cl)c(S(=O)(=O)N(C)C)c2)cc1. The molecule has 1 heterocycles. The minimum absolute atomic E-state index is 0.00885. The molecule has 1 N–H and O–H groups in total. The molecule has 1 aromatic heterocycles. The summed E-state index contributed by atoms with van der Waals surface area (Å²) < 4.78 is 32.4. The second kappa shape index (κ2) is 9.64. The fourth-order valence-corrected chi connectivity index (χ4v) is 4.54. The molecular formula is C18H19ClN6O4S2. The highest BCUT2D eigenvalue weighted by atomic mass is 35.5. The Kier molecular flexibility index (Phi) is 7.15. The number of carbonyl (C=O) groups excluding carboxylic acids is 1. The first-order chi connectivity index (χ1) is 14.7. The molecule has 0 radical (unpaired) electrons. The van der Waals surface area contributed by atoms with Crippen LogP contribution in [0, 0.1) is 0 Å². The van der Waals surface area contributed by atoms with Gasteiger partial charge in [0.15, 0.2) is 0 Å². The standard InChI is InChI=1S/C18H19ClN6O4S2/c1-24(2)31(27,28)16-10-12(4-9-15(16)19)20-17(26)11-30-18-21-22-23-25(18)13-5-7-14(29-3)8-6-13/h4-10H,11H2,1-3H3,(H,20,26). The molecule has 2 aromatic carbocycles. The lowest BCUT2D eigenvalue weighted by atomic mass is 10.3. The second-order valence-corrected chi connectivity index (χ2v) is 9.81. The Labute approximate surface area is 188 Å². The number of sulfonamides is 1. The molecule has 0 fully saturated rings. The predicted octanol–water partition coefficient (Wildman–Crippen LogP) is 2.31. The molecule has 0 aliphatic heterocycles. The van der Waals surface area contributed by atoms with Gasteiger partial charge in [0.05, 0.1) is 23.6 Å². The van der Waals surface area contributed by atoms with Crippen LogP contribution >= 0.6 is 23.4 Å². The van der Waals surface area contributed by atoms with Gasteiger partial charge in [-0.2, -0.15) is 4.68 Å². The summed E-state index contributed by atoms with van der Waals surface area (Å²) in [4.78, 5) is 12.3. The van der Waals surface area contributed by atoms with E-state index >= 15 is 0 Å². The zero-order valence-corrected chi connectivity index (χ0v) is 19.2. The molecule has 164 valence electrons. The van der Waals surface area contributed by atoms with Gasteiger partial charge in [0, 0.05) is 19.8 Å². The minimum atomic E-state index is -3.75. The quantitative estimate of drug-likeness (QED) is 0.486. The van der Waals surface area contributed by atoms with E-state index in [9.17, 15) is 13.2 Å². The van der Waals surface area contributed by atoms with Crippen molar-refractivity contribution in [3.63, 3.8) is 0 Å². The highest BCUT2D eigenvalue weighted by Gasteiger charge is 2.21. The number of halogens is 1. The van der Waals surface area contributed by atoms with Crippen molar-refractivity contribution in [1.82, 2.24) is 24.5 Å². The molecule has 10 nitrogen and oxygen atoms in total. The van der Waals surface area contributed by atoms with Crippen LogP contribution in [0.2, 0.25) is 5.02 Å². The van der Waals surface area contributed by atoms with Crippen LogP contribution < -0.4 is 10.1 Å². The number of anilines is 1. The number of tetrazole rings is 1. The van der Waals surface area contributed by atoms with Crippen LogP contribution in [-0.2, 0) is 14.8 Å². The molecule has 0 aliphatic rings. The molecule has 3 rings (SSSR count). The maximum absolute atomic E-state index is 12.4. The van der Waals surface area contributed by atoms with Gasteiger partial charge in [-0.3, -0.25) is 4.79 Å². The molecule has 0 unspecified atom stereocenters. The first kappa shape index (κ1) is 23.0. The topological polar surface area (TPSA) is 119 Å². The van der Waals surface area contributed by atoms with Crippen LogP contribution in [0.25, 0.3) is 5.69 Å². The van der Waals surface area contributed by atoms with Gasteiger partial charge in [-0.1, -0.05) is 23.4 Å². The predicted molar refractivity (Wildman–Crippen MR) is 117 cm³/mol. The molecule has 0 saturated carbocycles. The number of rotatable bonds is 8. The highest BCUT2D eigenvalue weighted by molar-refractivity contribution is 7.99. The lowest BCUT2D eigenvalue weighted by Gasteiger charge is -2.14. The summed E-state index contributed by atoms with van der Waals surface area (Å²) in [5.74, 6) is 0.350. The molecule has 0 aliphatic carbocycles. The van der Waals surface area contributed by atoms with Gasteiger partial charge in [-0.15, -0.1) is 5.10 Å². The Bertz CT molecular complexity index is 1180. The van der Waals surface area contributed by atoms with Gasteiger partial charge >= 0.3 is 0 Å². The number of nitrogens with zero attached hydrogens (tertiary/aromatic N) is 5. The number of carbonyl (C=O) groups is 1. The lowest BCUT2D eigenvalue weighted by molar-refractivity contribution is -0.113. The first-order valence-electron chi connectivity index (χ1n) is 8.80. The summed E-state index contributed by atoms with van der Waals surface area (Å²) in [5, 5.41) is 14.7. The van der Waals surface area contributed by atoms with Crippen LogP contribution in [0.4, 0.5) is 5.69 Å². The molecule has 3 aromatic rings. The fraction of sp³-hybridized carbons (Fsp3) is 0.222. The lowest BCUT2D eigenvalue weighted by Crippen LogP contribution is -2.23. The molecule has 31 heavy (non-hydrogen) atoms. The molecular weight excluding hydrogens is 464 g/mol. The smallest absolute Gasteiger partial charge is 0.244 e. The summed E-state index contributed by atoms with van der Waals surface area (Å²) in [7, 11) is 0.633. The number of nitrogens with one attached hydrogen (secondary N) is 1. The third-order valence-electron chi connectivity index (χ3n) is 4.06. The van der Waals surface area contributed by atoms with Crippen LogP contribution in [0.3, 0.4) is 0 Å². The zero-order chi connectivity index (χ0) is 22.6. The average Bonchev–Trinajstić information content (AvgIpc) is 3.22. The van der Waals surface area contributed by atoms with Crippen LogP contribution in [0.15, 0.2) is 52.5 Å². The number of benzene rings is 2. The van der Waals surface area contributed by atoms with E-state index in [4.69, 9.17) is 16.3 Å². The van der Waals surface area contributed by atoms with Crippen molar-refractivity contribution >= 4 is 45.0 Å². The van der Waals surface area contributed by atoms with Gasteiger partial charge in [-0.25, -0.2) is 12.7 Å². The van der Waals surface area contributed by atoms with Crippen molar-refractivity contribution in [2.24, 2.45) is 0 Å². The molecule has 13 heteroatoms. The van der Waals surface area contributed by atoms with Gasteiger partial charge in [0.25, 0.3) is 0 Å². The Balaban J connectivity index is 1.69. The van der Waals surface area contributed by atoms with Crippen molar-refractivity contribution in [2.75, 3.05) is 32.3 Å². The number of hydrogen-bond donors (Lipinski definition) is 1. The number of thioether (sulfide) groups is 1. The maximum Gasteiger partial charge on any atom is 0.244 e. The molecule has 0 spiro atoms. The van der Waals surface area contributed by atoms with Gasteiger partial charge in [0.2, 0.25) is 21.1 Å². The van der Waals surface area contributed by atoms with E-state index in [1.54, 1.807) is 31.4 Å². The van der Waals surface area contributed by atoms with Gasteiger partial charge in [-0.05, 0) is 52.9 Å². The normalized spacial score (nSPS) is 11.5. The summed E-state index contributed by atoms with van der Waals surface area (Å²) in [6.07, 6.45) is 0. The Morgan fingerprint density at radius 2 is 1.94 bits per heavy atom. The average molecular weight is 483 g/mol. The largest absolute Gasteiger partial charge is 0.497 e. The number of amides is 1. The molecule has 0 atom stereocenters. The number of aromatic nitrogens is 4. The fourth-order valence-electron chi connectivity index (χ4n) is 2.46. The Hall–Kier alpha value is -2.67. The van der Waals surface area contributed by atoms with Crippen molar-refractivity contribution in [2.45, 2.75) is 10.1 Å². The number of methoxy groups -OCH3 is 1. The molecule has 0 bridgehead atoms. The number of ether oxygens (including phenoxy) is 1.